The van der Waals surface area contributed by atoms with Gasteiger partial charge in [-0.05, 0) is 48.9 Å². The molecule has 0 amide bonds. The molecule has 108 valence electrons. The summed E-state index contributed by atoms with van der Waals surface area (Å²) >= 11 is 0. The Morgan fingerprint density at radius 3 is 2.24 bits per heavy atom. The van der Waals surface area contributed by atoms with E-state index in [0.717, 1.165) is 17.1 Å². The van der Waals surface area contributed by atoms with E-state index in [-0.39, 0.29) is 0 Å². The average molecular weight is 283 g/mol. The zero-order valence-corrected chi connectivity index (χ0v) is 12.1. The van der Waals surface area contributed by atoms with Crippen molar-refractivity contribution in [2.24, 2.45) is 0 Å². The molecule has 0 fully saturated rings. The van der Waals surface area contributed by atoms with E-state index in [9.17, 15) is 0 Å². The second kappa shape index (κ2) is 7.20. The van der Waals surface area contributed by atoms with Gasteiger partial charge in [0.1, 0.15) is 29.9 Å². The molecular weight excluding hydrogens is 266 g/mol. The highest BCUT2D eigenvalue weighted by Gasteiger charge is 2.04. The topological polar surface area (TPSA) is 51.5 Å². The third-order valence-electron chi connectivity index (χ3n) is 2.92. The fourth-order valence-corrected chi connectivity index (χ4v) is 1.90. The molecule has 0 aliphatic carbocycles. The Hall–Kier alpha value is -2.67. The summed E-state index contributed by atoms with van der Waals surface area (Å²) in [6, 6.07) is 15.0. The third kappa shape index (κ3) is 3.90. The van der Waals surface area contributed by atoms with Gasteiger partial charge >= 0.3 is 0 Å². The second-order valence-corrected chi connectivity index (χ2v) is 4.34. The Balaban J connectivity index is 2.01. The predicted octanol–water partition coefficient (Wildman–Crippen LogP) is 3.54. The van der Waals surface area contributed by atoms with Gasteiger partial charge in [-0.2, -0.15) is 5.26 Å². The molecule has 2 rings (SSSR count). The van der Waals surface area contributed by atoms with Gasteiger partial charge in [-0.15, -0.1) is 0 Å². The van der Waals surface area contributed by atoms with Crippen LogP contribution in [0.15, 0.2) is 42.5 Å². The van der Waals surface area contributed by atoms with E-state index >= 15 is 0 Å². The van der Waals surface area contributed by atoms with E-state index < -0.39 is 0 Å². The Kier molecular flexibility index (Phi) is 5.05. The maximum Gasteiger partial charge on any atom is 0.136 e. The molecule has 2 aromatic rings. The molecule has 0 bridgehead atoms. The van der Waals surface area contributed by atoms with Crippen LogP contribution in [0.1, 0.15) is 18.1 Å². The molecule has 0 aliphatic rings. The molecule has 21 heavy (non-hydrogen) atoms. The molecule has 0 spiro atoms. The number of benzene rings is 2. The summed E-state index contributed by atoms with van der Waals surface area (Å²) in [5.41, 5.74) is 1.42. The Morgan fingerprint density at radius 2 is 1.67 bits per heavy atom. The molecule has 0 saturated carbocycles. The first kappa shape index (κ1) is 14.7. The number of rotatable bonds is 6. The Morgan fingerprint density at radius 1 is 1.00 bits per heavy atom. The normalized spacial score (nSPS) is 9.76. The van der Waals surface area contributed by atoms with Crippen LogP contribution in [0.4, 0.5) is 0 Å². The number of nitrogens with zero attached hydrogens (tertiary/aromatic N) is 1. The summed E-state index contributed by atoms with van der Waals surface area (Å²) in [6.45, 7) is 2.98. The van der Waals surface area contributed by atoms with E-state index in [2.05, 4.69) is 6.07 Å². The van der Waals surface area contributed by atoms with Crippen molar-refractivity contribution in [1.29, 1.82) is 5.26 Å². The van der Waals surface area contributed by atoms with E-state index in [1.54, 1.807) is 19.2 Å². The quantitative estimate of drug-likeness (QED) is 0.813. The van der Waals surface area contributed by atoms with Crippen molar-refractivity contribution >= 4 is 0 Å². The Labute approximate surface area is 124 Å². The number of nitriles is 1. The van der Waals surface area contributed by atoms with Gasteiger partial charge in [0.2, 0.25) is 0 Å². The molecule has 2 aromatic carbocycles. The van der Waals surface area contributed by atoms with Crippen molar-refractivity contribution in [2.45, 2.75) is 13.5 Å². The van der Waals surface area contributed by atoms with Gasteiger partial charge in [0.15, 0.2) is 0 Å². The predicted molar refractivity (Wildman–Crippen MR) is 79.7 cm³/mol. The van der Waals surface area contributed by atoms with Gasteiger partial charge in [-0.1, -0.05) is 6.07 Å². The smallest absolute Gasteiger partial charge is 0.136 e. The largest absolute Gasteiger partial charge is 0.495 e. The maximum absolute atomic E-state index is 9.06. The maximum atomic E-state index is 9.06. The van der Waals surface area contributed by atoms with E-state index in [4.69, 9.17) is 19.5 Å². The summed E-state index contributed by atoms with van der Waals surface area (Å²) in [4.78, 5) is 0. The van der Waals surface area contributed by atoms with Crippen molar-refractivity contribution < 1.29 is 14.2 Å². The lowest BCUT2D eigenvalue weighted by molar-refractivity contribution is 0.303. The standard InChI is InChI=1S/C17H17NO3/c1-3-20-15-5-7-16(8-6-15)21-12-13-4-9-17(19-2)14(10-13)11-18/h4-10H,3,12H2,1-2H3. The van der Waals surface area contributed by atoms with Gasteiger partial charge in [-0.3, -0.25) is 0 Å². The lowest BCUT2D eigenvalue weighted by Crippen LogP contribution is -1.97. The van der Waals surface area contributed by atoms with Crippen LogP contribution >= 0.6 is 0 Å². The van der Waals surface area contributed by atoms with Crippen LogP contribution < -0.4 is 14.2 Å². The number of hydrogen-bond donors (Lipinski definition) is 0. The monoisotopic (exact) mass is 283 g/mol. The van der Waals surface area contributed by atoms with Crippen LogP contribution in [0, 0.1) is 11.3 Å². The minimum atomic E-state index is 0.395. The molecule has 0 unspecified atom stereocenters. The van der Waals surface area contributed by atoms with Crippen molar-refractivity contribution in [1.82, 2.24) is 0 Å². The summed E-state index contributed by atoms with van der Waals surface area (Å²) < 4.78 is 16.2. The third-order valence-corrected chi connectivity index (χ3v) is 2.92. The molecule has 0 heterocycles. The van der Waals surface area contributed by atoms with Gasteiger partial charge in [0, 0.05) is 0 Å². The highest BCUT2D eigenvalue weighted by molar-refractivity contribution is 5.45. The highest BCUT2D eigenvalue weighted by atomic mass is 16.5. The number of ether oxygens (including phenoxy) is 3. The van der Waals surface area contributed by atoms with E-state index in [0.29, 0.717) is 24.5 Å². The zero-order valence-electron chi connectivity index (χ0n) is 12.1. The van der Waals surface area contributed by atoms with Crippen LogP contribution in [-0.4, -0.2) is 13.7 Å². The molecule has 4 heteroatoms. The van der Waals surface area contributed by atoms with Gasteiger partial charge < -0.3 is 14.2 Å². The van der Waals surface area contributed by atoms with Crippen LogP contribution in [-0.2, 0) is 6.61 Å². The molecule has 0 saturated heterocycles. The average Bonchev–Trinajstić information content (AvgIpc) is 2.54. The zero-order chi connectivity index (χ0) is 15.1. The first-order valence-electron chi connectivity index (χ1n) is 6.69. The molecule has 0 atom stereocenters. The number of hydrogen-bond acceptors (Lipinski definition) is 4. The molecule has 0 aliphatic heterocycles. The van der Waals surface area contributed by atoms with Gasteiger partial charge in [0.05, 0.1) is 19.3 Å². The fourth-order valence-electron chi connectivity index (χ4n) is 1.90. The lowest BCUT2D eigenvalue weighted by Gasteiger charge is -2.09. The first-order chi connectivity index (χ1) is 10.3. The minimum absolute atomic E-state index is 0.395. The van der Waals surface area contributed by atoms with Crippen molar-refractivity contribution in [3.63, 3.8) is 0 Å². The van der Waals surface area contributed by atoms with Crippen LogP contribution in [0.2, 0.25) is 0 Å². The van der Waals surface area contributed by atoms with Gasteiger partial charge in [-0.25, -0.2) is 0 Å². The molecular formula is C17H17NO3. The van der Waals surface area contributed by atoms with Gasteiger partial charge in [0.25, 0.3) is 0 Å². The van der Waals surface area contributed by atoms with E-state index in [1.807, 2.05) is 37.3 Å². The van der Waals surface area contributed by atoms with Crippen molar-refractivity contribution in [3.8, 4) is 23.3 Å². The summed E-state index contributed by atoms with van der Waals surface area (Å²) in [6.07, 6.45) is 0. The Bertz CT molecular complexity index is 629. The van der Waals surface area contributed by atoms with Crippen LogP contribution in [0.25, 0.3) is 0 Å². The van der Waals surface area contributed by atoms with E-state index in [1.165, 1.54) is 0 Å². The van der Waals surface area contributed by atoms with Crippen molar-refractivity contribution in [2.75, 3.05) is 13.7 Å². The number of methoxy groups -OCH3 is 1. The van der Waals surface area contributed by atoms with Crippen molar-refractivity contribution in [3.05, 3.63) is 53.6 Å². The highest BCUT2D eigenvalue weighted by Crippen LogP contribution is 2.21. The fraction of sp³-hybridized carbons (Fsp3) is 0.235. The summed E-state index contributed by atoms with van der Waals surface area (Å²) in [5, 5.41) is 9.06. The minimum Gasteiger partial charge on any atom is -0.495 e. The SMILES string of the molecule is CCOc1ccc(OCc2ccc(OC)c(C#N)c2)cc1. The molecule has 0 radical (unpaired) electrons. The summed E-state index contributed by atoms with van der Waals surface area (Å²) in [5.74, 6) is 2.15. The first-order valence-corrected chi connectivity index (χ1v) is 6.69. The molecule has 4 nitrogen and oxygen atoms in total. The molecule has 0 N–H and O–H groups in total. The summed E-state index contributed by atoms with van der Waals surface area (Å²) in [7, 11) is 1.55. The second-order valence-electron chi connectivity index (χ2n) is 4.34. The molecule has 0 aromatic heterocycles. The van der Waals surface area contributed by atoms with Crippen LogP contribution in [0.3, 0.4) is 0 Å². The lowest BCUT2D eigenvalue weighted by atomic mass is 10.1. The van der Waals surface area contributed by atoms with Crippen LogP contribution in [0.5, 0.6) is 17.2 Å².